The second kappa shape index (κ2) is 9.53. The van der Waals surface area contributed by atoms with Crippen molar-refractivity contribution in [3.63, 3.8) is 0 Å². The maximum absolute atomic E-state index is 12.9. The maximum atomic E-state index is 12.9. The average Bonchev–Trinajstić information content (AvgIpc) is 3.31. The first-order valence-electron chi connectivity index (χ1n) is 9.87. The molecule has 0 fully saturated rings. The van der Waals surface area contributed by atoms with Crippen LogP contribution in [0.5, 0.6) is 5.75 Å². The zero-order chi connectivity index (χ0) is 23.4. The maximum Gasteiger partial charge on any atom is 0.255 e. The summed E-state index contributed by atoms with van der Waals surface area (Å²) >= 11 is 1.15. The van der Waals surface area contributed by atoms with Crippen molar-refractivity contribution < 1.29 is 17.9 Å². The monoisotopic (exact) mass is 483 g/mol. The van der Waals surface area contributed by atoms with E-state index in [1.807, 2.05) is 18.2 Å². The number of anilines is 2. The van der Waals surface area contributed by atoms with Crippen molar-refractivity contribution in [2.75, 3.05) is 24.8 Å². The van der Waals surface area contributed by atoms with Gasteiger partial charge < -0.3 is 15.4 Å². The summed E-state index contributed by atoms with van der Waals surface area (Å²) in [4.78, 5) is 12.9. The highest BCUT2D eigenvalue weighted by Gasteiger charge is 2.17. The summed E-state index contributed by atoms with van der Waals surface area (Å²) in [5, 5.41) is 5.97. The summed E-state index contributed by atoms with van der Waals surface area (Å²) in [6.07, 6.45) is 0. The van der Waals surface area contributed by atoms with Crippen molar-refractivity contribution >= 4 is 50.1 Å². The predicted octanol–water partition coefficient (Wildman–Crippen LogP) is 3.47. The van der Waals surface area contributed by atoms with Gasteiger partial charge in [-0.2, -0.15) is 8.75 Å². The van der Waals surface area contributed by atoms with Crippen LogP contribution < -0.4 is 20.1 Å². The van der Waals surface area contributed by atoms with Gasteiger partial charge >= 0.3 is 0 Å². The van der Waals surface area contributed by atoms with Crippen molar-refractivity contribution in [1.82, 2.24) is 13.5 Å². The van der Waals surface area contributed by atoms with Crippen LogP contribution in [0.3, 0.4) is 0 Å². The van der Waals surface area contributed by atoms with Gasteiger partial charge in [-0.1, -0.05) is 6.07 Å². The molecule has 0 atom stereocenters. The number of carbonyl (C=O) groups is 1. The summed E-state index contributed by atoms with van der Waals surface area (Å²) in [7, 11) is -0.886. The molecule has 3 N–H and O–H groups in total. The molecule has 9 nitrogen and oxygen atoms in total. The van der Waals surface area contributed by atoms with E-state index < -0.39 is 15.9 Å². The minimum Gasteiger partial charge on any atom is -0.497 e. The van der Waals surface area contributed by atoms with E-state index in [9.17, 15) is 13.2 Å². The van der Waals surface area contributed by atoms with Gasteiger partial charge in [-0.3, -0.25) is 4.79 Å². The molecule has 0 saturated carbocycles. The Bertz CT molecular complexity index is 1400. The Morgan fingerprint density at radius 3 is 2.45 bits per heavy atom. The lowest BCUT2D eigenvalue weighted by Gasteiger charge is -2.13. The lowest BCUT2D eigenvalue weighted by molar-refractivity contribution is 0.102. The van der Waals surface area contributed by atoms with Crippen LogP contribution in [0.15, 0.2) is 65.6 Å². The smallest absolute Gasteiger partial charge is 0.255 e. The number of sulfonamides is 1. The van der Waals surface area contributed by atoms with Gasteiger partial charge in [0.2, 0.25) is 10.0 Å². The molecule has 1 heterocycles. The fourth-order valence-corrected chi connectivity index (χ4v) is 4.44. The lowest BCUT2D eigenvalue weighted by atomic mass is 10.1. The fraction of sp³-hybridized carbons (Fsp3) is 0.136. The topological polar surface area (TPSA) is 122 Å². The molecule has 0 unspecified atom stereocenters. The van der Waals surface area contributed by atoms with Crippen LogP contribution >= 0.6 is 11.7 Å². The molecule has 33 heavy (non-hydrogen) atoms. The van der Waals surface area contributed by atoms with Gasteiger partial charge in [0.05, 0.1) is 23.7 Å². The molecule has 0 aliphatic heterocycles. The molecule has 1 amide bonds. The zero-order valence-electron chi connectivity index (χ0n) is 17.8. The number of nitrogens with zero attached hydrogens (tertiary/aromatic N) is 2. The molecule has 4 rings (SSSR count). The van der Waals surface area contributed by atoms with E-state index in [0.717, 1.165) is 28.3 Å². The first-order valence-corrected chi connectivity index (χ1v) is 12.1. The zero-order valence-corrected chi connectivity index (χ0v) is 19.5. The van der Waals surface area contributed by atoms with Gasteiger partial charge in [-0.25, -0.2) is 13.1 Å². The lowest BCUT2D eigenvalue weighted by Crippen LogP contribution is -2.20. The molecule has 3 aromatic carbocycles. The Kier molecular flexibility index (Phi) is 6.54. The van der Waals surface area contributed by atoms with Gasteiger partial charge in [0.1, 0.15) is 16.8 Å². The number of methoxy groups -OCH3 is 1. The Balaban J connectivity index is 1.59. The van der Waals surface area contributed by atoms with Gasteiger partial charge in [-0.15, -0.1) is 0 Å². The third kappa shape index (κ3) is 5.28. The average molecular weight is 484 g/mol. The molecule has 11 heteroatoms. The van der Waals surface area contributed by atoms with Crippen LogP contribution in [0.2, 0.25) is 0 Å². The Hall–Kier alpha value is -3.54. The van der Waals surface area contributed by atoms with Gasteiger partial charge in [0, 0.05) is 23.5 Å². The Labute approximate surface area is 195 Å². The number of aromatic nitrogens is 2. The highest BCUT2D eigenvalue weighted by Crippen LogP contribution is 2.22. The van der Waals surface area contributed by atoms with Gasteiger partial charge in [-0.05, 0) is 67.2 Å². The highest BCUT2D eigenvalue weighted by atomic mass is 32.2. The summed E-state index contributed by atoms with van der Waals surface area (Å²) in [5.74, 6) is 0.222. The van der Waals surface area contributed by atoms with Crippen molar-refractivity contribution in [1.29, 1.82) is 0 Å². The number of fused-ring (bicyclic) bond motifs is 1. The molecule has 0 aliphatic carbocycles. The van der Waals surface area contributed by atoms with Crippen molar-refractivity contribution in [3.05, 3.63) is 71.8 Å². The number of rotatable bonds is 8. The Morgan fingerprint density at radius 1 is 0.970 bits per heavy atom. The standard InChI is InChI=1S/C22H21N5O4S2/c1-23-33(29,30)19-11-15(22(28)25-16-4-6-18(31-2)7-5-16)10-17(12-19)24-13-14-3-8-20-21(9-14)27-32-26-20/h3-12,23-24H,13H2,1-2H3,(H,25,28). The number of carbonyl (C=O) groups excluding carboxylic acids is 1. The minimum absolute atomic E-state index is 0.0194. The van der Waals surface area contributed by atoms with Crippen LogP contribution in [0.25, 0.3) is 11.0 Å². The minimum atomic E-state index is -3.77. The fourth-order valence-electron chi connectivity index (χ4n) is 3.12. The number of hydrogen-bond acceptors (Lipinski definition) is 8. The molecule has 0 bridgehead atoms. The van der Waals surface area contributed by atoms with E-state index in [0.29, 0.717) is 23.7 Å². The third-order valence-electron chi connectivity index (χ3n) is 4.91. The SMILES string of the molecule is CNS(=O)(=O)c1cc(NCc2ccc3nsnc3c2)cc(C(=O)Nc2ccc(OC)cc2)c1. The normalized spacial score (nSPS) is 11.3. The van der Waals surface area contributed by atoms with Crippen LogP contribution in [0, 0.1) is 0 Å². The number of nitrogens with one attached hydrogen (secondary N) is 3. The molecule has 0 saturated heterocycles. The summed E-state index contributed by atoms with van der Waals surface area (Å²) in [6, 6.07) is 17.0. The van der Waals surface area contributed by atoms with E-state index in [-0.39, 0.29) is 10.5 Å². The van der Waals surface area contributed by atoms with Crippen LogP contribution in [0.4, 0.5) is 11.4 Å². The molecule has 0 radical (unpaired) electrons. The van der Waals surface area contributed by atoms with Crippen LogP contribution in [-0.4, -0.2) is 37.2 Å². The van der Waals surface area contributed by atoms with E-state index in [2.05, 4.69) is 24.1 Å². The second-order valence-electron chi connectivity index (χ2n) is 7.08. The Morgan fingerprint density at radius 2 is 1.73 bits per heavy atom. The molecule has 0 spiro atoms. The molecule has 170 valence electrons. The summed E-state index contributed by atoms with van der Waals surface area (Å²) in [6.45, 7) is 0.413. The molecule has 0 aliphatic rings. The number of amides is 1. The largest absolute Gasteiger partial charge is 0.497 e. The number of benzene rings is 3. The van der Waals surface area contributed by atoms with Crippen molar-refractivity contribution in [2.45, 2.75) is 11.4 Å². The summed E-state index contributed by atoms with van der Waals surface area (Å²) in [5.41, 5.74) is 3.81. The summed E-state index contributed by atoms with van der Waals surface area (Å²) < 4.78 is 40.7. The molecule has 1 aromatic heterocycles. The first-order chi connectivity index (χ1) is 15.9. The highest BCUT2D eigenvalue weighted by molar-refractivity contribution is 7.89. The van der Waals surface area contributed by atoms with Crippen LogP contribution in [0.1, 0.15) is 15.9 Å². The van der Waals surface area contributed by atoms with E-state index in [1.54, 1.807) is 37.4 Å². The van der Waals surface area contributed by atoms with E-state index in [1.165, 1.54) is 19.2 Å². The van der Waals surface area contributed by atoms with Gasteiger partial charge in [0.15, 0.2) is 0 Å². The first kappa shape index (κ1) is 22.6. The van der Waals surface area contributed by atoms with Crippen LogP contribution in [-0.2, 0) is 16.6 Å². The van der Waals surface area contributed by atoms with Gasteiger partial charge in [0.25, 0.3) is 5.91 Å². The second-order valence-corrected chi connectivity index (χ2v) is 9.49. The van der Waals surface area contributed by atoms with E-state index >= 15 is 0 Å². The number of ether oxygens (including phenoxy) is 1. The van der Waals surface area contributed by atoms with E-state index in [4.69, 9.17) is 4.74 Å². The third-order valence-corrected chi connectivity index (χ3v) is 6.86. The molecule has 4 aromatic rings. The predicted molar refractivity (Wildman–Crippen MR) is 128 cm³/mol. The number of hydrogen-bond donors (Lipinski definition) is 3. The van der Waals surface area contributed by atoms with Crippen molar-refractivity contribution in [2.24, 2.45) is 0 Å². The molecular weight excluding hydrogens is 462 g/mol. The molecular formula is C22H21N5O4S2. The quantitative estimate of drug-likeness (QED) is 0.351. The van der Waals surface area contributed by atoms with Crippen molar-refractivity contribution in [3.8, 4) is 5.75 Å².